The van der Waals surface area contributed by atoms with E-state index in [-0.39, 0.29) is 11.4 Å². The topological polar surface area (TPSA) is 107 Å². The number of benzene rings is 2. The van der Waals surface area contributed by atoms with Gasteiger partial charge in [-0.05, 0) is 57.2 Å². The molecule has 31 heavy (non-hydrogen) atoms. The molecule has 0 radical (unpaired) electrons. The fraction of sp³-hybridized carbons (Fsp3) is 0.217. The van der Waals surface area contributed by atoms with Crippen LogP contribution in [-0.4, -0.2) is 21.1 Å². The molecule has 1 atom stereocenters. The van der Waals surface area contributed by atoms with Gasteiger partial charge in [-0.1, -0.05) is 17.3 Å². The van der Waals surface area contributed by atoms with Crippen LogP contribution in [0, 0.1) is 13.8 Å². The molecule has 1 N–H and O–H groups in total. The van der Waals surface area contributed by atoms with Gasteiger partial charge in [0.2, 0.25) is 0 Å². The molecule has 0 fully saturated rings. The quantitative estimate of drug-likeness (QED) is 0.470. The summed E-state index contributed by atoms with van der Waals surface area (Å²) in [6, 6.07) is 13.6. The zero-order valence-electron chi connectivity index (χ0n) is 17.3. The Hall–Kier alpha value is -3.94. The largest absolute Gasteiger partial charge is 0.489 e. The van der Waals surface area contributed by atoms with Crippen LogP contribution in [0.15, 0.2) is 57.8 Å². The number of aryl methyl sites for hydroxylation is 2. The van der Waals surface area contributed by atoms with Gasteiger partial charge in [-0.2, -0.15) is 0 Å². The smallest absolute Gasteiger partial charge is 0.338 e. The van der Waals surface area contributed by atoms with Crippen molar-refractivity contribution in [2.24, 2.45) is 0 Å². The van der Waals surface area contributed by atoms with Gasteiger partial charge in [0.05, 0.1) is 27.7 Å². The fourth-order valence-corrected chi connectivity index (χ4v) is 3.13. The Kier molecular flexibility index (Phi) is 5.53. The molecule has 0 saturated carbocycles. The number of rotatable bonds is 6. The van der Waals surface area contributed by atoms with Crippen LogP contribution in [-0.2, 0) is 11.3 Å². The van der Waals surface area contributed by atoms with Crippen molar-refractivity contribution in [3.63, 3.8) is 0 Å². The number of aromatic nitrogens is 3. The molecule has 8 nitrogen and oxygen atoms in total. The van der Waals surface area contributed by atoms with Gasteiger partial charge in [0.15, 0.2) is 11.9 Å². The van der Waals surface area contributed by atoms with Crippen molar-refractivity contribution in [1.82, 2.24) is 15.1 Å². The molecule has 0 unspecified atom stereocenters. The number of nitrogens with zero attached hydrogens (tertiary/aromatic N) is 2. The standard InChI is InChI=1S/C23H21N3O5/c1-13-19(14(2)31-26-13)12-29-17-10-8-16(9-11-17)23(28)30-15(3)21-24-20-7-5-4-6-18(20)22(27)25-21/h4-11,15H,12H2,1-3H3,(H,24,25,27)/t15-/m0/s1. The number of hydrogen-bond donors (Lipinski definition) is 1. The molecule has 0 aliphatic rings. The highest BCUT2D eigenvalue weighted by Gasteiger charge is 2.17. The summed E-state index contributed by atoms with van der Waals surface area (Å²) in [5.41, 5.74) is 2.31. The fourth-order valence-electron chi connectivity index (χ4n) is 3.13. The Morgan fingerprint density at radius 2 is 1.87 bits per heavy atom. The van der Waals surface area contributed by atoms with Gasteiger partial charge >= 0.3 is 5.97 Å². The first-order valence-corrected chi connectivity index (χ1v) is 9.77. The van der Waals surface area contributed by atoms with Gasteiger partial charge in [0.1, 0.15) is 18.1 Å². The molecule has 0 aliphatic heterocycles. The Bertz CT molecular complexity index is 1270. The lowest BCUT2D eigenvalue weighted by atomic mass is 10.2. The molecule has 2 heterocycles. The van der Waals surface area contributed by atoms with Gasteiger partial charge in [-0.25, -0.2) is 9.78 Å². The molecular formula is C23H21N3O5. The van der Waals surface area contributed by atoms with Crippen LogP contribution in [0.1, 0.15) is 46.2 Å². The maximum Gasteiger partial charge on any atom is 0.338 e. The maximum atomic E-state index is 12.5. The minimum absolute atomic E-state index is 0.275. The van der Waals surface area contributed by atoms with Gasteiger partial charge < -0.3 is 19.0 Å². The van der Waals surface area contributed by atoms with Crippen molar-refractivity contribution in [2.75, 3.05) is 0 Å². The van der Waals surface area contributed by atoms with Crippen LogP contribution in [0.4, 0.5) is 0 Å². The first-order valence-electron chi connectivity index (χ1n) is 9.77. The summed E-state index contributed by atoms with van der Waals surface area (Å²) in [5.74, 6) is 1.08. The molecule has 4 aromatic rings. The number of aromatic amines is 1. The van der Waals surface area contributed by atoms with Gasteiger partial charge in [-0.3, -0.25) is 4.79 Å². The highest BCUT2D eigenvalue weighted by molar-refractivity contribution is 5.89. The minimum atomic E-state index is -0.722. The zero-order chi connectivity index (χ0) is 22.0. The summed E-state index contributed by atoms with van der Waals surface area (Å²) in [7, 11) is 0. The summed E-state index contributed by atoms with van der Waals surface area (Å²) in [6.45, 7) is 5.67. The predicted molar refractivity (Wildman–Crippen MR) is 113 cm³/mol. The van der Waals surface area contributed by atoms with Crippen molar-refractivity contribution in [2.45, 2.75) is 33.5 Å². The molecule has 0 spiro atoms. The Morgan fingerprint density at radius 1 is 1.13 bits per heavy atom. The van der Waals surface area contributed by atoms with E-state index in [4.69, 9.17) is 14.0 Å². The van der Waals surface area contributed by atoms with E-state index in [1.54, 1.807) is 55.5 Å². The molecule has 2 aromatic carbocycles. The molecule has 158 valence electrons. The lowest BCUT2D eigenvalue weighted by Crippen LogP contribution is -2.17. The Balaban J connectivity index is 1.42. The normalized spacial score (nSPS) is 12.0. The number of fused-ring (bicyclic) bond motifs is 1. The average molecular weight is 419 g/mol. The summed E-state index contributed by atoms with van der Waals surface area (Å²) < 4.78 is 16.4. The Labute approximate surface area is 177 Å². The second-order valence-electron chi connectivity index (χ2n) is 7.13. The van der Waals surface area contributed by atoms with E-state index < -0.39 is 12.1 Å². The van der Waals surface area contributed by atoms with E-state index in [0.29, 0.717) is 34.6 Å². The van der Waals surface area contributed by atoms with Crippen LogP contribution in [0.25, 0.3) is 10.9 Å². The first-order chi connectivity index (χ1) is 14.9. The number of hydrogen-bond acceptors (Lipinski definition) is 7. The summed E-state index contributed by atoms with van der Waals surface area (Å²) >= 11 is 0. The van der Waals surface area contributed by atoms with Crippen molar-refractivity contribution >= 4 is 16.9 Å². The van der Waals surface area contributed by atoms with Gasteiger partial charge in [0, 0.05) is 0 Å². The zero-order valence-corrected chi connectivity index (χ0v) is 17.3. The number of nitrogens with one attached hydrogen (secondary N) is 1. The van der Waals surface area contributed by atoms with Gasteiger partial charge in [-0.15, -0.1) is 0 Å². The van der Waals surface area contributed by atoms with E-state index in [2.05, 4.69) is 15.1 Å². The van der Waals surface area contributed by atoms with Crippen molar-refractivity contribution in [3.05, 3.63) is 87.3 Å². The van der Waals surface area contributed by atoms with E-state index in [1.165, 1.54) is 0 Å². The number of ether oxygens (including phenoxy) is 2. The Morgan fingerprint density at radius 3 is 2.58 bits per heavy atom. The van der Waals surface area contributed by atoms with E-state index in [1.807, 2.05) is 13.8 Å². The highest BCUT2D eigenvalue weighted by Crippen LogP contribution is 2.20. The third-order valence-corrected chi connectivity index (χ3v) is 4.95. The number of H-pyrrole nitrogens is 1. The molecule has 4 rings (SSSR count). The monoisotopic (exact) mass is 419 g/mol. The summed E-state index contributed by atoms with van der Waals surface area (Å²) in [5, 5.41) is 4.38. The van der Waals surface area contributed by atoms with Crippen LogP contribution in [0.3, 0.4) is 0 Å². The third-order valence-electron chi connectivity index (χ3n) is 4.95. The molecule has 0 saturated heterocycles. The number of carbonyl (C=O) groups excluding carboxylic acids is 1. The van der Waals surface area contributed by atoms with Gasteiger partial charge in [0.25, 0.3) is 5.56 Å². The predicted octanol–water partition coefficient (Wildman–Crippen LogP) is 4.02. The maximum absolute atomic E-state index is 12.5. The molecule has 0 amide bonds. The van der Waals surface area contributed by atoms with E-state index in [0.717, 1.165) is 11.3 Å². The number of para-hydroxylation sites is 1. The number of esters is 1. The summed E-state index contributed by atoms with van der Waals surface area (Å²) in [6.07, 6.45) is -0.722. The SMILES string of the molecule is Cc1noc(C)c1COc1ccc(C(=O)O[C@@H](C)c2nc3ccccc3c(=O)[nH]2)cc1. The van der Waals surface area contributed by atoms with Crippen LogP contribution in [0.2, 0.25) is 0 Å². The number of carbonyl (C=O) groups is 1. The second-order valence-corrected chi connectivity index (χ2v) is 7.13. The third kappa shape index (κ3) is 4.32. The van der Waals surface area contributed by atoms with E-state index >= 15 is 0 Å². The van der Waals surface area contributed by atoms with Crippen LogP contribution < -0.4 is 10.3 Å². The van der Waals surface area contributed by atoms with Crippen molar-refractivity contribution in [1.29, 1.82) is 0 Å². The van der Waals surface area contributed by atoms with Crippen LogP contribution >= 0.6 is 0 Å². The first kappa shape index (κ1) is 20.3. The van der Waals surface area contributed by atoms with E-state index in [9.17, 15) is 9.59 Å². The highest BCUT2D eigenvalue weighted by atomic mass is 16.5. The minimum Gasteiger partial charge on any atom is -0.489 e. The van der Waals surface area contributed by atoms with Crippen LogP contribution in [0.5, 0.6) is 5.75 Å². The molecule has 8 heteroatoms. The molecule has 2 aromatic heterocycles. The summed E-state index contributed by atoms with van der Waals surface area (Å²) in [4.78, 5) is 31.8. The molecular weight excluding hydrogens is 398 g/mol. The second kappa shape index (κ2) is 8.43. The lowest BCUT2D eigenvalue weighted by Gasteiger charge is -2.13. The molecule has 0 aliphatic carbocycles. The van der Waals surface area contributed by atoms with Crippen molar-refractivity contribution in [3.8, 4) is 5.75 Å². The molecule has 0 bridgehead atoms. The average Bonchev–Trinajstić information content (AvgIpc) is 3.09. The lowest BCUT2D eigenvalue weighted by molar-refractivity contribution is 0.0320. The van der Waals surface area contributed by atoms with Crippen molar-refractivity contribution < 1.29 is 18.8 Å².